The highest BCUT2D eigenvalue weighted by Crippen LogP contribution is 2.49. The van der Waals surface area contributed by atoms with E-state index >= 15 is 0 Å². The van der Waals surface area contributed by atoms with E-state index in [-0.39, 0.29) is 11.2 Å². The first-order valence-electron chi connectivity index (χ1n) is 11.2. The van der Waals surface area contributed by atoms with Crippen molar-refractivity contribution in [2.24, 2.45) is 5.10 Å². The van der Waals surface area contributed by atoms with Gasteiger partial charge in [0.2, 0.25) is 5.91 Å². The summed E-state index contributed by atoms with van der Waals surface area (Å²) in [4.78, 5) is 24.6. The Morgan fingerprint density at radius 3 is 2.06 bits per heavy atom. The lowest BCUT2D eigenvalue weighted by molar-refractivity contribution is -0.118. The van der Waals surface area contributed by atoms with Crippen molar-refractivity contribution in [3.05, 3.63) is 125 Å². The number of hydrogen-bond acceptors (Lipinski definition) is 5. The van der Waals surface area contributed by atoms with Crippen LogP contribution in [0.25, 0.3) is 11.1 Å². The molecule has 0 spiro atoms. The summed E-state index contributed by atoms with van der Waals surface area (Å²) in [6.07, 6.45) is 1.56. The minimum atomic E-state index is -0.413. The molecule has 0 atom stereocenters. The molecule has 1 aliphatic rings. The fraction of sp³-hybridized carbons (Fsp3) is 0.0690. The van der Waals surface area contributed by atoms with E-state index in [0.717, 1.165) is 5.56 Å². The third-order valence-electron chi connectivity index (χ3n) is 5.66. The fourth-order valence-corrected chi connectivity index (χ4v) is 5.17. The number of ether oxygens (including phenoxy) is 1. The van der Waals surface area contributed by atoms with Crippen LogP contribution < -0.4 is 10.2 Å². The lowest BCUT2D eigenvalue weighted by Crippen LogP contribution is -2.20. The standard InChI is InChI=1S/C29H22N2O3S/c32-27(19-35-28-25-12-6-4-10-23(25)24-11-5-7-13-26(24)28)31-30-18-20-14-16-22(17-15-20)34-29(33)21-8-2-1-3-9-21/h1-18,28H,19H2,(H,31,32). The first kappa shape index (κ1) is 22.6. The Hall–Kier alpha value is -4.16. The molecule has 0 aromatic heterocycles. The number of hydrazone groups is 1. The SMILES string of the molecule is O=C(CSC1c2ccccc2-c2ccccc21)NN=Cc1ccc(OC(=O)c2ccccc2)cc1. The molecule has 4 aromatic carbocycles. The molecular formula is C29H22N2O3S. The van der Waals surface area contributed by atoms with E-state index in [1.165, 1.54) is 22.3 Å². The zero-order valence-electron chi connectivity index (χ0n) is 18.8. The minimum absolute atomic E-state index is 0.128. The van der Waals surface area contributed by atoms with Crippen LogP contribution in [0.4, 0.5) is 0 Å². The van der Waals surface area contributed by atoms with Gasteiger partial charge in [0.1, 0.15) is 5.75 Å². The van der Waals surface area contributed by atoms with Gasteiger partial charge in [-0.05, 0) is 64.2 Å². The Bertz CT molecular complexity index is 1340. The summed E-state index contributed by atoms with van der Waals surface area (Å²) in [7, 11) is 0. The van der Waals surface area contributed by atoms with Gasteiger partial charge in [0.15, 0.2) is 0 Å². The number of hydrogen-bond donors (Lipinski definition) is 1. The molecule has 5 nitrogen and oxygen atoms in total. The van der Waals surface area contributed by atoms with Crippen molar-refractivity contribution in [1.29, 1.82) is 0 Å². The second-order valence-corrected chi connectivity index (χ2v) is 9.08. The summed E-state index contributed by atoms with van der Waals surface area (Å²) in [6.45, 7) is 0. The zero-order valence-corrected chi connectivity index (χ0v) is 19.6. The molecule has 0 aliphatic heterocycles. The molecule has 0 saturated carbocycles. The highest BCUT2D eigenvalue weighted by atomic mass is 32.2. The van der Waals surface area contributed by atoms with E-state index in [0.29, 0.717) is 17.1 Å². The summed E-state index contributed by atoms with van der Waals surface area (Å²) in [5, 5.41) is 4.20. The lowest BCUT2D eigenvalue weighted by atomic mass is 10.1. The van der Waals surface area contributed by atoms with E-state index in [1.807, 2.05) is 30.3 Å². The van der Waals surface area contributed by atoms with Crippen LogP contribution in [0.2, 0.25) is 0 Å². The molecule has 1 N–H and O–H groups in total. The normalized spacial score (nSPS) is 12.2. The Morgan fingerprint density at radius 1 is 0.800 bits per heavy atom. The van der Waals surface area contributed by atoms with Crippen LogP contribution in [-0.4, -0.2) is 23.8 Å². The van der Waals surface area contributed by atoms with Crippen LogP contribution >= 0.6 is 11.8 Å². The van der Waals surface area contributed by atoms with Gasteiger partial charge in [-0.15, -0.1) is 11.8 Å². The van der Waals surface area contributed by atoms with E-state index in [9.17, 15) is 9.59 Å². The van der Waals surface area contributed by atoms with E-state index in [4.69, 9.17) is 4.74 Å². The van der Waals surface area contributed by atoms with Gasteiger partial charge in [0, 0.05) is 0 Å². The number of nitrogens with zero attached hydrogens (tertiary/aromatic N) is 1. The molecule has 5 rings (SSSR count). The van der Waals surface area contributed by atoms with Crippen LogP contribution in [0.15, 0.2) is 108 Å². The van der Waals surface area contributed by atoms with Crippen molar-refractivity contribution in [1.82, 2.24) is 5.43 Å². The number of carbonyl (C=O) groups is 2. The van der Waals surface area contributed by atoms with Gasteiger partial charge in [-0.3, -0.25) is 4.79 Å². The summed E-state index contributed by atoms with van der Waals surface area (Å²) in [5.74, 6) is 0.151. The topological polar surface area (TPSA) is 67.8 Å². The summed E-state index contributed by atoms with van der Waals surface area (Å²) >= 11 is 1.60. The van der Waals surface area contributed by atoms with Crippen molar-refractivity contribution in [3.8, 4) is 16.9 Å². The Morgan fingerprint density at radius 2 is 1.40 bits per heavy atom. The molecule has 0 radical (unpaired) electrons. The molecular weight excluding hydrogens is 456 g/mol. The largest absolute Gasteiger partial charge is 0.423 e. The van der Waals surface area contributed by atoms with E-state index in [1.54, 1.807) is 66.5 Å². The number of esters is 1. The van der Waals surface area contributed by atoms with Crippen molar-refractivity contribution >= 4 is 29.9 Å². The smallest absolute Gasteiger partial charge is 0.343 e. The summed E-state index contributed by atoms with van der Waals surface area (Å²) in [5.41, 5.74) is 8.80. The van der Waals surface area contributed by atoms with Crippen molar-refractivity contribution < 1.29 is 14.3 Å². The van der Waals surface area contributed by atoms with Gasteiger partial charge in [-0.1, -0.05) is 66.7 Å². The zero-order chi connectivity index (χ0) is 24.0. The molecule has 0 heterocycles. The van der Waals surface area contributed by atoms with Crippen LogP contribution in [0.5, 0.6) is 5.75 Å². The van der Waals surface area contributed by atoms with Crippen LogP contribution in [0.1, 0.15) is 32.3 Å². The highest BCUT2D eigenvalue weighted by molar-refractivity contribution is 8.00. The Kier molecular flexibility index (Phi) is 6.73. The molecule has 0 bridgehead atoms. The summed E-state index contributed by atoms with van der Waals surface area (Å²) in [6, 6.07) is 32.4. The summed E-state index contributed by atoms with van der Waals surface area (Å²) < 4.78 is 5.37. The Balaban J connectivity index is 1.14. The van der Waals surface area contributed by atoms with Crippen LogP contribution in [-0.2, 0) is 4.79 Å². The molecule has 0 saturated heterocycles. The van der Waals surface area contributed by atoms with Gasteiger partial charge in [0.25, 0.3) is 0 Å². The average molecular weight is 479 g/mol. The predicted octanol–water partition coefficient (Wildman–Crippen LogP) is 5.86. The molecule has 0 fully saturated rings. The molecule has 35 heavy (non-hydrogen) atoms. The highest BCUT2D eigenvalue weighted by Gasteiger charge is 2.28. The fourth-order valence-electron chi connectivity index (χ4n) is 4.02. The number of nitrogens with one attached hydrogen (secondary N) is 1. The van der Waals surface area contributed by atoms with Gasteiger partial charge in [-0.25, -0.2) is 10.2 Å². The number of thioether (sulfide) groups is 1. The molecule has 6 heteroatoms. The van der Waals surface area contributed by atoms with Crippen molar-refractivity contribution in [3.63, 3.8) is 0 Å². The molecule has 1 aliphatic carbocycles. The number of rotatable bonds is 7. The number of fused-ring (bicyclic) bond motifs is 3. The molecule has 172 valence electrons. The second-order valence-electron chi connectivity index (χ2n) is 7.98. The van der Waals surface area contributed by atoms with Crippen LogP contribution in [0, 0.1) is 0 Å². The van der Waals surface area contributed by atoms with Crippen molar-refractivity contribution in [2.75, 3.05) is 5.75 Å². The number of amides is 1. The molecule has 4 aromatic rings. The second kappa shape index (κ2) is 10.4. The number of carbonyl (C=O) groups excluding carboxylic acids is 2. The van der Waals surface area contributed by atoms with Gasteiger partial charge < -0.3 is 4.74 Å². The first-order valence-corrected chi connectivity index (χ1v) is 12.2. The van der Waals surface area contributed by atoms with Crippen molar-refractivity contribution in [2.45, 2.75) is 5.25 Å². The average Bonchev–Trinajstić information content (AvgIpc) is 3.22. The maximum atomic E-state index is 12.4. The third kappa shape index (κ3) is 5.18. The van der Waals surface area contributed by atoms with Gasteiger partial charge in [0.05, 0.1) is 22.8 Å². The first-order chi connectivity index (χ1) is 17.2. The van der Waals surface area contributed by atoms with E-state index < -0.39 is 5.97 Å². The molecule has 1 amide bonds. The predicted molar refractivity (Wildman–Crippen MR) is 140 cm³/mol. The molecule has 0 unspecified atom stereocenters. The quantitative estimate of drug-likeness (QED) is 0.156. The van der Waals surface area contributed by atoms with Crippen LogP contribution in [0.3, 0.4) is 0 Å². The maximum absolute atomic E-state index is 12.4. The van der Waals surface area contributed by atoms with Gasteiger partial charge in [-0.2, -0.15) is 5.10 Å². The minimum Gasteiger partial charge on any atom is -0.423 e. The third-order valence-corrected chi connectivity index (χ3v) is 6.93. The Labute approximate surface area is 207 Å². The van der Waals surface area contributed by atoms with Gasteiger partial charge >= 0.3 is 5.97 Å². The lowest BCUT2D eigenvalue weighted by Gasteiger charge is -2.12. The maximum Gasteiger partial charge on any atom is 0.343 e. The van der Waals surface area contributed by atoms with E-state index in [2.05, 4.69) is 34.8 Å². The monoisotopic (exact) mass is 478 g/mol. The number of benzene rings is 4.